The number of fused-ring (bicyclic) bond motifs is 2. The summed E-state index contributed by atoms with van der Waals surface area (Å²) in [6.07, 6.45) is 1.59. The van der Waals surface area contributed by atoms with Gasteiger partial charge in [-0.2, -0.15) is 0 Å². The van der Waals surface area contributed by atoms with Gasteiger partial charge in [-0.15, -0.1) is 11.3 Å². The van der Waals surface area contributed by atoms with E-state index in [0.29, 0.717) is 6.61 Å². The maximum Gasteiger partial charge on any atom is 0.309 e. The molecular formula is C24H23N3O2S. The maximum atomic E-state index is 12.1. The lowest BCUT2D eigenvalue weighted by Crippen LogP contribution is -2.37. The Hall–Kier alpha value is -2.99. The number of benzene rings is 2. The summed E-state index contributed by atoms with van der Waals surface area (Å²) in [7, 11) is 0. The molecule has 0 radical (unpaired) electrons. The molecule has 4 aromatic rings. The van der Waals surface area contributed by atoms with E-state index in [9.17, 15) is 4.79 Å². The highest BCUT2D eigenvalue weighted by molar-refractivity contribution is 7.21. The number of anilines is 1. The molecule has 0 aliphatic carbocycles. The van der Waals surface area contributed by atoms with Gasteiger partial charge in [-0.1, -0.05) is 30.3 Å². The molecule has 0 N–H and O–H groups in total. The Bertz CT molecular complexity index is 1180. The van der Waals surface area contributed by atoms with Crippen LogP contribution in [0.3, 0.4) is 0 Å². The van der Waals surface area contributed by atoms with Crippen LogP contribution in [-0.4, -0.2) is 35.6 Å². The highest BCUT2D eigenvalue weighted by Crippen LogP contribution is 2.36. The monoisotopic (exact) mass is 417 g/mol. The fourth-order valence-electron chi connectivity index (χ4n) is 4.09. The minimum Gasteiger partial charge on any atom is -0.466 e. The number of nitrogens with zero attached hydrogens (tertiary/aromatic N) is 3. The molecule has 5 nitrogen and oxygen atoms in total. The molecule has 0 bridgehead atoms. The number of carbonyl (C=O) groups excluding carboxylic acids is 1. The second kappa shape index (κ2) is 8.03. The topological polar surface area (TPSA) is 55.3 Å². The van der Waals surface area contributed by atoms with Gasteiger partial charge in [0.25, 0.3) is 0 Å². The van der Waals surface area contributed by atoms with Crippen molar-refractivity contribution < 1.29 is 9.53 Å². The van der Waals surface area contributed by atoms with Gasteiger partial charge in [0.1, 0.15) is 10.8 Å². The summed E-state index contributed by atoms with van der Waals surface area (Å²) in [4.78, 5) is 24.2. The number of para-hydroxylation sites is 2. The second-order valence-electron chi connectivity index (χ2n) is 7.55. The zero-order valence-corrected chi connectivity index (χ0v) is 17.7. The first-order valence-electron chi connectivity index (χ1n) is 10.4. The van der Waals surface area contributed by atoms with Crippen molar-refractivity contribution in [3.63, 3.8) is 0 Å². The van der Waals surface area contributed by atoms with E-state index in [0.717, 1.165) is 58.7 Å². The lowest BCUT2D eigenvalue weighted by atomic mass is 9.97. The molecule has 0 atom stereocenters. The van der Waals surface area contributed by atoms with Crippen molar-refractivity contribution in [3.05, 3.63) is 54.6 Å². The van der Waals surface area contributed by atoms with Gasteiger partial charge in [0.05, 0.1) is 28.3 Å². The molecule has 0 unspecified atom stereocenters. The molecule has 0 spiro atoms. The zero-order chi connectivity index (χ0) is 20.5. The molecule has 1 aliphatic heterocycles. The molecule has 1 aliphatic rings. The van der Waals surface area contributed by atoms with Crippen LogP contribution in [0, 0.1) is 5.92 Å². The van der Waals surface area contributed by atoms with Crippen molar-refractivity contribution >= 4 is 44.2 Å². The van der Waals surface area contributed by atoms with E-state index in [1.165, 1.54) is 4.70 Å². The van der Waals surface area contributed by atoms with Crippen molar-refractivity contribution in [2.24, 2.45) is 5.92 Å². The smallest absolute Gasteiger partial charge is 0.309 e. The number of hydrogen-bond donors (Lipinski definition) is 0. The Morgan fingerprint density at radius 1 is 1.07 bits per heavy atom. The first kappa shape index (κ1) is 19.0. The van der Waals surface area contributed by atoms with E-state index in [-0.39, 0.29) is 11.9 Å². The molecular weight excluding hydrogens is 394 g/mol. The summed E-state index contributed by atoms with van der Waals surface area (Å²) in [6, 6.07) is 18.6. The molecule has 0 saturated carbocycles. The van der Waals surface area contributed by atoms with Gasteiger partial charge in [0.15, 0.2) is 0 Å². The Labute approximate surface area is 179 Å². The van der Waals surface area contributed by atoms with E-state index < -0.39 is 0 Å². The van der Waals surface area contributed by atoms with Crippen molar-refractivity contribution in [2.45, 2.75) is 19.8 Å². The third-order valence-electron chi connectivity index (χ3n) is 5.67. The number of rotatable bonds is 4. The summed E-state index contributed by atoms with van der Waals surface area (Å²) in [5, 5.41) is 2.12. The second-order valence-corrected chi connectivity index (χ2v) is 8.58. The summed E-state index contributed by atoms with van der Waals surface area (Å²) < 4.78 is 6.39. The van der Waals surface area contributed by atoms with Crippen molar-refractivity contribution in [3.8, 4) is 10.6 Å². The molecule has 0 amide bonds. The highest BCUT2D eigenvalue weighted by atomic mass is 32.1. The van der Waals surface area contributed by atoms with Crippen LogP contribution >= 0.6 is 11.3 Å². The van der Waals surface area contributed by atoms with Crippen LogP contribution in [0.4, 0.5) is 5.82 Å². The van der Waals surface area contributed by atoms with E-state index in [1.54, 1.807) is 11.3 Å². The SMILES string of the molecule is CCOC(=O)C1CCN(c2cc(-c3nc4ccccc4s3)c3ccccc3n2)CC1. The number of esters is 1. The first-order valence-corrected chi connectivity index (χ1v) is 11.2. The Kier molecular flexibility index (Phi) is 5.09. The molecule has 152 valence electrons. The van der Waals surface area contributed by atoms with Gasteiger partial charge in [-0.3, -0.25) is 4.79 Å². The number of aromatic nitrogens is 2. The van der Waals surface area contributed by atoms with E-state index in [2.05, 4.69) is 35.2 Å². The number of thiazole rings is 1. The quantitative estimate of drug-likeness (QED) is 0.422. The lowest BCUT2D eigenvalue weighted by Gasteiger charge is -2.32. The first-order chi connectivity index (χ1) is 14.7. The predicted octanol–water partition coefficient (Wildman–Crippen LogP) is 5.29. The van der Waals surface area contributed by atoms with Crippen molar-refractivity contribution in [1.29, 1.82) is 0 Å². The lowest BCUT2D eigenvalue weighted by molar-refractivity contribution is -0.148. The summed E-state index contributed by atoms with van der Waals surface area (Å²) >= 11 is 1.71. The van der Waals surface area contributed by atoms with Crippen LogP contribution in [0.15, 0.2) is 54.6 Å². The Morgan fingerprint density at radius 3 is 2.57 bits per heavy atom. The van der Waals surface area contributed by atoms with Crippen LogP contribution in [0.25, 0.3) is 31.7 Å². The third-order valence-corrected chi connectivity index (χ3v) is 6.74. The number of pyridine rings is 1. The van der Waals surface area contributed by atoms with Gasteiger partial charge < -0.3 is 9.64 Å². The molecule has 2 aromatic heterocycles. The van der Waals surface area contributed by atoms with E-state index in [4.69, 9.17) is 14.7 Å². The Balaban J connectivity index is 1.51. The fourth-order valence-corrected chi connectivity index (χ4v) is 5.09. The normalized spacial score (nSPS) is 15.0. The average molecular weight is 418 g/mol. The van der Waals surface area contributed by atoms with Gasteiger partial charge in [-0.25, -0.2) is 9.97 Å². The summed E-state index contributed by atoms with van der Waals surface area (Å²) in [6.45, 7) is 3.90. The van der Waals surface area contributed by atoms with Crippen molar-refractivity contribution in [1.82, 2.24) is 9.97 Å². The molecule has 5 rings (SSSR count). The third kappa shape index (κ3) is 3.52. The Morgan fingerprint density at radius 2 is 1.80 bits per heavy atom. The number of piperidine rings is 1. The predicted molar refractivity (Wildman–Crippen MR) is 122 cm³/mol. The number of hydrogen-bond acceptors (Lipinski definition) is 6. The van der Waals surface area contributed by atoms with Crippen LogP contribution in [0.5, 0.6) is 0 Å². The van der Waals surface area contributed by atoms with Gasteiger partial charge in [0, 0.05) is 24.0 Å². The van der Waals surface area contributed by atoms with Crippen LogP contribution in [0.2, 0.25) is 0 Å². The van der Waals surface area contributed by atoms with E-state index >= 15 is 0 Å². The van der Waals surface area contributed by atoms with Gasteiger partial charge in [-0.05, 0) is 44.0 Å². The molecule has 30 heavy (non-hydrogen) atoms. The molecule has 3 heterocycles. The van der Waals surface area contributed by atoms with Crippen molar-refractivity contribution in [2.75, 3.05) is 24.6 Å². The standard InChI is InChI=1S/C24H23N3O2S/c1-2-29-24(28)16-11-13-27(14-12-16)22-15-18(17-7-3-4-8-19(17)25-22)23-26-20-9-5-6-10-21(20)30-23/h3-10,15-16H,2,11-14H2,1H3. The highest BCUT2D eigenvalue weighted by Gasteiger charge is 2.27. The minimum atomic E-state index is -0.0706. The minimum absolute atomic E-state index is 0.00890. The summed E-state index contributed by atoms with van der Waals surface area (Å²) in [5.41, 5.74) is 3.11. The fraction of sp³-hybridized carbons (Fsp3) is 0.292. The molecule has 6 heteroatoms. The molecule has 1 saturated heterocycles. The largest absolute Gasteiger partial charge is 0.466 e. The van der Waals surface area contributed by atoms with Gasteiger partial charge >= 0.3 is 5.97 Å². The number of ether oxygens (including phenoxy) is 1. The molecule has 1 fully saturated rings. The maximum absolute atomic E-state index is 12.1. The van der Waals surface area contributed by atoms with Crippen LogP contribution in [-0.2, 0) is 9.53 Å². The average Bonchev–Trinajstić information content (AvgIpc) is 3.23. The number of carbonyl (C=O) groups is 1. The summed E-state index contributed by atoms with van der Waals surface area (Å²) in [5.74, 6) is 0.870. The van der Waals surface area contributed by atoms with E-state index in [1.807, 2.05) is 31.2 Å². The van der Waals surface area contributed by atoms with Crippen LogP contribution < -0.4 is 4.90 Å². The molecule has 2 aromatic carbocycles. The zero-order valence-electron chi connectivity index (χ0n) is 16.9. The van der Waals surface area contributed by atoms with Gasteiger partial charge in [0.2, 0.25) is 0 Å². The van der Waals surface area contributed by atoms with Crippen LogP contribution in [0.1, 0.15) is 19.8 Å².